The Morgan fingerprint density at radius 3 is 2.93 bits per heavy atom. The average Bonchev–Trinajstić information content (AvgIpc) is 2.52. The summed E-state index contributed by atoms with van der Waals surface area (Å²) in [5.74, 6) is -0.160. The molecule has 5 nitrogen and oxygen atoms in total. The maximum absolute atomic E-state index is 10.3. The van der Waals surface area contributed by atoms with Crippen LogP contribution < -0.4 is 0 Å². The molecule has 0 fully saturated rings. The van der Waals surface area contributed by atoms with Crippen LogP contribution >= 0.6 is 0 Å². The van der Waals surface area contributed by atoms with Crippen molar-refractivity contribution in [2.24, 2.45) is 0 Å². The van der Waals surface area contributed by atoms with Crippen molar-refractivity contribution in [3.63, 3.8) is 0 Å². The van der Waals surface area contributed by atoms with E-state index in [0.717, 1.165) is 25.7 Å². The van der Waals surface area contributed by atoms with Gasteiger partial charge in [-0.05, 0) is 6.42 Å². The second kappa shape index (κ2) is 5.36. The zero-order chi connectivity index (χ0) is 10.4. The van der Waals surface area contributed by atoms with Gasteiger partial charge in [-0.2, -0.15) is 4.98 Å². The lowest BCUT2D eigenvalue weighted by Gasteiger charge is -1.91. The number of aromatic nitrogens is 2. The van der Waals surface area contributed by atoms with Crippen LogP contribution in [0.15, 0.2) is 4.52 Å². The van der Waals surface area contributed by atoms with E-state index < -0.39 is 5.97 Å². The molecule has 0 radical (unpaired) electrons. The van der Waals surface area contributed by atoms with Crippen LogP contribution in [0.5, 0.6) is 0 Å². The smallest absolute Gasteiger partial charge is 0.312 e. The highest BCUT2D eigenvalue weighted by molar-refractivity contribution is 5.68. The van der Waals surface area contributed by atoms with Gasteiger partial charge < -0.3 is 9.63 Å². The van der Waals surface area contributed by atoms with Crippen LogP contribution in [-0.2, 0) is 17.6 Å². The van der Waals surface area contributed by atoms with Gasteiger partial charge in [0.1, 0.15) is 6.42 Å². The Balaban J connectivity index is 2.38. The van der Waals surface area contributed by atoms with Crippen molar-refractivity contribution < 1.29 is 14.4 Å². The van der Waals surface area contributed by atoms with Gasteiger partial charge in [-0.1, -0.05) is 24.9 Å². The highest BCUT2D eigenvalue weighted by atomic mass is 16.5. The monoisotopic (exact) mass is 198 g/mol. The van der Waals surface area contributed by atoms with Gasteiger partial charge in [-0.25, -0.2) is 0 Å². The van der Waals surface area contributed by atoms with Gasteiger partial charge in [-0.3, -0.25) is 4.79 Å². The first-order valence-electron chi connectivity index (χ1n) is 4.75. The van der Waals surface area contributed by atoms with E-state index in [4.69, 9.17) is 9.63 Å². The van der Waals surface area contributed by atoms with E-state index in [0.29, 0.717) is 5.82 Å². The zero-order valence-electron chi connectivity index (χ0n) is 8.19. The molecule has 14 heavy (non-hydrogen) atoms. The van der Waals surface area contributed by atoms with E-state index in [9.17, 15) is 4.79 Å². The van der Waals surface area contributed by atoms with E-state index >= 15 is 0 Å². The molecule has 0 spiro atoms. The van der Waals surface area contributed by atoms with Crippen LogP contribution in [0.1, 0.15) is 37.9 Å². The summed E-state index contributed by atoms with van der Waals surface area (Å²) in [5, 5.41) is 12.2. The first-order chi connectivity index (χ1) is 6.72. The molecule has 0 aliphatic carbocycles. The van der Waals surface area contributed by atoms with Gasteiger partial charge >= 0.3 is 5.97 Å². The topological polar surface area (TPSA) is 76.2 Å². The molecule has 0 aliphatic rings. The quantitative estimate of drug-likeness (QED) is 0.699. The normalized spacial score (nSPS) is 10.4. The molecular weight excluding hydrogens is 184 g/mol. The molecule has 1 N–H and O–H groups in total. The van der Waals surface area contributed by atoms with Crippen molar-refractivity contribution in [3.05, 3.63) is 11.7 Å². The molecule has 0 amide bonds. The number of aliphatic carboxylic acids is 1. The summed E-state index contributed by atoms with van der Waals surface area (Å²) in [6.07, 6.45) is 3.85. The van der Waals surface area contributed by atoms with Crippen molar-refractivity contribution in [3.8, 4) is 0 Å². The van der Waals surface area contributed by atoms with E-state index in [1.165, 1.54) is 0 Å². The molecule has 1 aromatic rings. The van der Waals surface area contributed by atoms with Gasteiger partial charge in [0.15, 0.2) is 5.82 Å². The summed E-state index contributed by atoms with van der Waals surface area (Å²) in [4.78, 5) is 14.3. The SMILES string of the molecule is CCCCCc1noc(CC(=O)O)n1. The second-order valence-electron chi connectivity index (χ2n) is 3.13. The fraction of sp³-hybridized carbons (Fsp3) is 0.667. The molecule has 0 saturated heterocycles. The van der Waals surface area contributed by atoms with E-state index in [2.05, 4.69) is 17.1 Å². The van der Waals surface area contributed by atoms with E-state index in [1.807, 2.05) is 0 Å². The van der Waals surface area contributed by atoms with Gasteiger partial charge in [0.2, 0.25) is 5.89 Å². The third-order valence-electron chi connectivity index (χ3n) is 1.82. The summed E-state index contributed by atoms with van der Waals surface area (Å²) >= 11 is 0. The lowest BCUT2D eigenvalue weighted by Crippen LogP contribution is -2.00. The molecule has 0 aliphatic heterocycles. The number of hydrogen-bond donors (Lipinski definition) is 1. The Labute approximate surface area is 82.1 Å². The number of hydrogen-bond acceptors (Lipinski definition) is 4. The first kappa shape index (κ1) is 10.7. The number of carbonyl (C=O) groups is 1. The molecule has 78 valence electrons. The molecule has 1 heterocycles. The molecule has 1 aromatic heterocycles. The third-order valence-corrected chi connectivity index (χ3v) is 1.82. The Kier molecular flexibility index (Phi) is 4.10. The number of nitrogens with zero attached hydrogens (tertiary/aromatic N) is 2. The Morgan fingerprint density at radius 2 is 2.29 bits per heavy atom. The van der Waals surface area contributed by atoms with Gasteiger partial charge in [0, 0.05) is 6.42 Å². The van der Waals surface area contributed by atoms with Gasteiger partial charge in [0.25, 0.3) is 0 Å². The highest BCUT2D eigenvalue weighted by Gasteiger charge is 2.09. The minimum atomic E-state index is -0.950. The third kappa shape index (κ3) is 3.55. The molecule has 0 unspecified atom stereocenters. The second-order valence-corrected chi connectivity index (χ2v) is 3.13. The summed E-state index contributed by atoms with van der Waals surface area (Å²) in [5.41, 5.74) is 0. The number of carboxylic acid groups (broad SMARTS) is 1. The molecule has 0 aromatic carbocycles. The Hall–Kier alpha value is -1.39. The molecular formula is C9H14N2O3. The lowest BCUT2D eigenvalue weighted by atomic mass is 10.2. The summed E-state index contributed by atoms with van der Waals surface area (Å²) in [6, 6.07) is 0. The summed E-state index contributed by atoms with van der Waals surface area (Å²) in [7, 11) is 0. The predicted octanol–water partition coefficient (Wildman–Crippen LogP) is 1.43. The largest absolute Gasteiger partial charge is 0.481 e. The van der Waals surface area contributed by atoms with E-state index in [1.54, 1.807) is 0 Å². The standard InChI is InChI=1S/C9H14N2O3/c1-2-3-4-5-7-10-8(14-11-7)6-9(12)13/h2-6H2,1H3,(H,12,13). The van der Waals surface area contributed by atoms with Crippen molar-refractivity contribution in [2.75, 3.05) is 0 Å². The zero-order valence-corrected chi connectivity index (χ0v) is 8.19. The van der Waals surface area contributed by atoms with Crippen molar-refractivity contribution in [1.29, 1.82) is 0 Å². The first-order valence-corrected chi connectivity index (χ1v) is 4.75. The maximum atomic E-state index is 10.3. The van der Waals surface area contributed by atoms with Crippen molar-refractivity contribution in [1.82, 2.24) is 10.1 Å². The Bertz CT molecular complexity index is 296. The average molecular weight is 198 g/mol. The predicted molar refractivity (Wildman–Crippen MR) is 48.9 cm³/mol. The van der Waals surface area contributed by atoms with Gasteiger partial charge in [-0.15, -0.1) is 0 Å². The van der Waals surface area contributed by atoms with Crippen LogP contribution in [0.4, 0.5) is 0 Å². The minimum Gasteiger partial charge on any atom is -0.481 e. The highest BCUT2D eigenvalue weighted by Crippen LogP contribution is 2.04. The Morgan fingerprint density at radius 1 is 1.50 bits per heavy atom. The molecule has 0 atom stereocenters. The molecule has 0 saturated carbocycles. The number of unbranched alkanes of at least 4 members (excludes halogenated alkanes) is 2. The van der Waals surface area contributed by atoms with Crippen LogP contribution in [0.2, 0.25) is 0 Å². The van der Waals surface area contributed by atoms with Gasteiger partial charge in [0.05, 0.1) is 0 Å². The fourth-order valence-corrected chi connectivity index (χ4v) is 1.13. The molecule has 1 rings (SSSR count). The van der Waals surface area contributed by atoms with Crippen molar-refractivity contribution >= 4 is 5.97 Å². The number of aryl methyl sites for hydroxylation is 1. The van der Waals surface area contributed by atoms with Crippen LogP contribution in [0.25, 0.3) is 0 Å². The van der Waals surface area contributed by atoms with Crippen LogP contribution in [0, 0.1) is 0 Å². The maximum Gasteiger partial charge on any atom is 0.312 e. The summed E-state index contributed by atoms with van der Waals surface area (Å²) in [6.45, 7) is 2.12. The van der Waals surface area contributed by atoms with E-state index in [-0.39, 0.29) is 12.3 Å². The fourth-order valence-electron chi connectivity index (χ4n) is 1.13. The lowest BCUT2D eigenvalue weighted by molar-refractivity contribution is -0.136. The summed E-state index contributed by atoms with van der Waals surface area (Å²) < 4.78 is 4.76. The molecule has 5 heteroatoms. The van der Waals surface area contributed by atoms with Crippen molar-refractivity contribution in [2.45, 2.75) is 39.0 Å². The molecule has 0 bridgehead atoms. The van der Waals surface area contributed by atoms with Crippen LogP contribution in [0.3, 0.4) is 0 Å². The number of rotatable bonds is 6. The van der Waals surface area contributed by atoms with Crippen LogP contribution in [-0.4, -0.2) is 21.2 Å². The number of carboxylic acids is 1. The minimum absolute atomic E-state index is 0.184.